The normalized spacial score (nSPS) is 22.7. The Kier molecular flexibility index (Phi) is 5.81. The molecule has 0 radical (unpaired) electrons. The summed E-state index contributed by atoms with van der Waals surface area (Å²) in [6, 6.07) is 12.5. The van der Waals surface area contributed by atoms with E-state index in [9.17, 15) is 0 Å². The molecular formula is C21H26ClN3O2. The number of nitrogens with zero attached hydrogens (tertiary/aromatic N) is 3. The number of hydrogen-bond acceptors (Lipinski definition) is 5. The standard InChI is InChI=1S/C21H26ClN3O2/c22-18-3-6-21(23-12-18)25-9-8-24-13-17(11-19(24)14-25)15-27-20-4-1-16(2-5-20)7-10-26/h1-6,12,17,19,26H,7-11,13-15H2. The summed E-state index contributed by atoms with van der Waals surface area (Å²) in [6.45, 7) is 5.14. The van der Waals surface area contributed by atoms with Gasteiger partial charge in [0, 0.05) is 50.9 Å². The van der Waals surface area contributed by atoms with Gasteiger partial charge in [0.05, 0.1) is 11.6 Å². The van der Waals surface area contributed by atoms with E-state index in [1.807, 2.05) is 36.4 Å². The average Bonchev–Trinajstić information content (AvgIpc) is 3.10. The Labute approximate surface area is 165 Å². The Balaban J connectivity index is 1.28. The minimum atomic E-state index is 0.183. The minimum absolute atomic E-state index is 0.183. The van der Waals surface area contributed by atoms with Crippen molar-refractivity contribution in [1.82, 2.24) is 9.88 Å². The van der Waals surface area contributed by atoms with Gasteiger partial charge in [-0.15, -0.1) is 0 Å². The molecule has 4 rings (SSSR count). The molecule has 1 aromatic heterocycles. The largest absolute Gasteiger partial charge is 0.493 e. The number of halogens is 1. The molecule has 2 fully saturated rings. The zero-order valence-electron chi connectivity index (χ0n) is 15.4. The molecule has 0 bridgehead atoms. The van der Waals surface area contributed by atoms with Crippen LogP contribution in [0.1, 0.15) is 12.0 Å². The number of fused-ring (bicyclic) bond motifs is 1. The van der Waals surface area contributed by atoms with Crippen LogP contribution in [0.4, 0.5) is 5.82 Å². The number of aromatic nitrogens is 1. The van der Waals surface area contributed by atoms with Crippen LogP contribution < -0.4 is 9.64 Å². The first-order valence-electron chi connectivity index (χ1n) is 9.64. The molecule has 2 aliphatic rings. The lowest BCUT2D eigenvalue weighted by molar-refractivity contribution is 0.216. The van der Waals surface area contributed by atoms with Gasteiger partial charge in [0.2, 0.25) is 0 Å². The molecule has 2 unspecified atom stereocenters. The Morgan fingerprint density at radius 2 is 1.96 bits per heavy atom. The van der Waals surface area contributed by atoms with E-state index in [1.54, 1.807) is 6.20 Å². The molecule has 1 N–H and O–H groups in total. The first-order chi connectivity index (χ1) is 13.2. The van der Waals surface area contributed by atoms with Crippen LogP contribution in [0.3, 0.4) is 0 Å². The first kappa shape index (κ1) is 18.5. The lowest BCUT2D eigenvalue weighted by Gasteiger charge is -2.38. The lowest BCUT2D eigenvalue weighted by atomic mass is 10.1. The quantitative estimate of drug-likeness (QED) is 0.825. The molecule has 0 spiro atoms. The number of benzene rings is 1. The van der Waals surface area contributed by atoms with Gasteiger partial charge in [-0.2, -0.15) is 0 Å². The van der Waals surface area contributed by atoms with Gasteiger partial charge in [-0.05, 0) is 42.7 Å². The smallest absolute Gasteiger partial charge is 0.128 e. The molecule has 6 heteroatoms. The van der Waals surface area contributed by atoms with Crippen LogP contribution in [-0.2, 0) is 6.42 Å². The van der Waals surface area contributed by atoms with Crippen molar-refractivity contribution in [1.29, 1.82) is 0 Å². The molecule has 5 nitrogen and oxygen atoms in total. The van der Waals surface area contributed by atoms with Crippen LogP contribution in [0.5, 0.6) is 5.75 Å². The Bertz CT molecular complexity index is 738. The topological polar surface area (TPSA) is 48.8 Å². The maximum atomic E-state index is 8.99. The molecule has 2 aromatic rings. The summed E-state index contributed by atoms with van der Waals surface area (Å²) in [7, 11) is 0. The average molecular weight is 388 g/mol. The molecule has 0 saturated carbocycles. The zero-order chi connectivity index (χ0) is 18.6. The van der Waals surface area contributed by atoms with Crippen molar-refractivity contribution in [3.63, 3.8) is 0 Å². The van der Waals surface area contributed by atoms with E-state index in [0.29, 0.717) is 23.4 Å². The summed E-state index contributed by atoms with van der Waals surface area (Å²) in [5.74, 6) is 2.49. The van der Waals surface area contributed by atoms with Crippen LogP contribution >= 0.6 is 11.6 Å². The monoisotopic (exact) mass is 387 g/mol. The molecular weight excluding hydrogens is 362 g/mol. The highest BCUT2D eigenvalue weighted by Gasteiger charge is 2.36. The predicted molar refractivity (Wildman–Crippen MR) is 108 cm³/mol. The summed E-state index contributed by atoms with van der Waals surface area (Å²) in [4.78, 5) is 9.42. The second-order valence-electron chi connectivity index (χ2n) is 7.46. The van der Waals surface area contributed by atoms with Crippen LogP contribution in [0.2, 0.25) is 5.02 Å². The number of aliphatic hydroxyl groups is 1. The zero-order valence-corrected chi connectivity index (χ0v) is 16.2. The number of piperazine rings is 1. The van der Waals surface area contributed by atoms with Crippen molar-refractivity contribution in [2.75, 3.05) is 44.3 Å². The second-order valence-corrected chi connectivity index (χ2v) is 7.90. The summed E-state index contributed by atoms with van der Waals surface area (Å²) in [5, 5.41) is 9.67. The molecule has 27 heavy (non-hydrogen) atoms. The van der Waals surface area contributed by atoms with E-state index >= 15 is 0 Å². The Morgan fingerprint density at radius 1 is 1.11 bits per heavy atom. The second kappa shape index (κ2) is 8.46. The van der Waals surface area contributed by atoms with Gasteiger partial charge in [-0.1, -0.05) is 23.7 Å². The SMILES string of the molecule is OCCc1ccc(OCC2CC3CN(c4ccc(Cl)cn4)CCN3C2)cc1. The van der Waals surface area contributed by atoms with E-state index in [2.05, 4.69) is 14.8 Å². The minimum Gasteiger partial charge on any atom is -0.493 e. The fourth-order valence-electron chi connectivity index (χ4n) is 4.13. The molecule has 2 atom stereocenters. The van der Waals surface area contributed by atoms with Gasteiger partial charge >= 0.3 is 0 Å². The highest BCUT2D eigenvalue weighted by atomic mass is 35.5. The van der Waals surface area contributed by atoms with E-state index in [4.69, 9.17) is 21.4 Å². The van der Waals surface area contributed by atoms with Crippen molar-refractivity contribution in [3.8, 4) is 5.75 Å². The number of pyridine rings is 1. The van der Waals surface area contributed by atoms with Crippen LogP contribution in [0, 0.1) is 5.92 Å². The number of rotatable bonds is 6. The fourth-order valence-corrected chi connectivity index (χ4v) is 4.24. The molecule has 3 heterocycles. The van der Waals surface area contributed by atoms with Crippen molar-refractivity contribution in [3.05, 3.63) is 53.2 Å². The van der Waals surface area contributed by atoms with Crippen molar-refractivity contribution >= 4 is 17.4 Å². The molecule has 0 aliphatic carbocycles. The van der Waals surface area contributed by atoms with Gasteiger partial charge in [-0.25, -0.2) is 4.98 Å². The summed E-state index contributed by atoms with van der Waals surface area (Å²) < 4.78 is 6.02. The van der Waals surface area contributed by atoms with Crippen LogP contribution in [0.15, 0.2) is 42.6 Å². The van der Waals surface area contributed by atoms with Gasteiger partial charge in [0.15, 0.2) is 0 Å². The highest BCUT2D eigenvalue weighted by molar-refractivity contribution is 6.30. The molecule has 0 amide bonds. The number of hydrogen-bond donors (Lipinski definition) is 1. The molecule has 144 valence electrons. The molecule has 2 saturated heterocycles. The Hall–Kier alpha value is -1.82. The van der Waals surface area contributed by atoms with Gasteiger partial charge in [0.25, 0.3) is 0 Å². The van der Waals surface area contributed by atoms with Crippen molar-refractivity contribution in [2.24, 2.45) is 5.92 Å². The summed E-state index contributed by atoms with van der Waals surface area (Å²) in [6.07, 6.45) is 3.57. The van der Waals surface area contributed by atoms with E-state index < -0.39 is 0 Å². The molecule has 1 aromatic carbocycles. The van der Waals surface area contributed by atoms with Crippen molar-refractivity contribution < 1.29 is 9.84 Å². The third-order valence-corrected chi connectivity index (χ3v) is 5.77. The summed E-state index contributed by atoms with van der Waals surface area (Å²) >= 11 is 5.95. The van der Waals surface area contributed by atoms with Crippen LogP contribution in [-0.4, -0.2) is 60.4 Å². The van der Waals surface area contributed by atoms with Crippen LogP contribution in [0.25, 0.3) is 0 Å². The highest BCUT2D eigenvalue weighted by Crippen LogP contribution is 2.29. The predicted octanol–water partition coefficient (Wildman–Crippen LogP) is 2.86. The molecule has 2 aliphatic heterocycles. The van der Waals surface area contributed by atoms with Gasteiger partial charge < -0.3 is 14.7 Å². The van der Waals surface area contributed by atoms with Crippen molar-refractivity contribution in [2.45, 2.75) is 18.9 Å². The lowest BCUT2D eigenvalue weighted by Crippen LogP contribution is -2.50. The maximum absolute atomic E-state index is 8.99. The number of aliphatic hydroxyl groups excluding tert-OH is 1. The third-order valence-electron chi connectivity index (χ3n) is 5.55. The number of anilines is 1. The first-order valence-corrected chi connectivity index (χ1v) is 10.0. The van der Waals surface area contributed by atoms with E-state index in [0.717, 1.165) is 56.3 Å². The third kappa shape index (κ3) is 4.54. The van der Waals surface area contributed by atoms with E-state index in [1.165, 1.54) is 0 Å². The van der Waals surface area contributed by atoms with E-state index in [-0.39, 0.29) is 6.61 Å². The Morgan fingerprint density at radius 3 is 2.70 bits per heavy atom. The van der Waals surface area contributed by atoms with Gasteiger partial charge in [0.1, 0.15) is 11.6 Å². The number of ether oxygens (including phenoxy) is 1. The summed E-state index contributed by atoms with van der Waals surface area (Å²) in [5.41, 5.74) is 1.14. The fraction of sp³-hybridized carbons (Fsp3) is 0.476. The maximum Gasteiger partial charge on any atom is 0.128 e. The van der Waals surface area contributed by atoms with Gasteiger partial charge in [-0.3, -0.25) is 4.90 Å².